The topological polar surface area (TPSA) is 74.6 Å². The smallest absolute Gasteiger partial charge is 0.163 e. The molecule has 120 valence electrons. The van der Waals surface area contributed by atoms with Gasteiger partial charge in [-0.1, -0.05) is 30.7 Å². The van der Waals surface area contributed by atoms with Gasteiger partial charge in [-0.2, -0.15) is 0 Å². The van der Waals surface area contributed by atoms with E-state index in [-0.39, 0.29) is 23.1 Å². The maximum absolute atomic E-state index is 11.9. The first-order valence-corrected chi connectivity index (χ1v) is 7.71. The van der Waals surface area contributed by atoms with Gasteiger partial charge in [-0.15, -0.1) is 0 Å². The highest BCUT2D eigenvalue weighted by Crippen LogP contribution is 2.16. The molecule has 2 aromatic rings. The molecular weight excluding hydrogens is 292 g/mol. The fourth-order valence-electron chi connectivity index (χ4n) is 2.40. The number of unbranched alkanes of at least 4 members (excludes halogenated alkanes) is 2. The average Bonchev–Trinajstić information content (AvgIpc) is 2.54. The van der Waals surface area contributed by atoms with Crippen molar-refractivity contribution in [2.24, 2.45) is 0 Å². The lowest BCUT2D eigenvalue weighted by molar-refractivity contribution is 0.0977. The number of rotatable bonds is 8. The van der Waals surface area contributed by atoms with Gasteiger partial charge >= 0.3 is 0 Å². The average molecular weight is 312 g/mol. The second-order valence-corrected chi connectivity index (χ2v) is 5.51. The van der Waals surface area contributed by atoms with Crippen LogP contribution in [0.5, 0.6) is 11.5 Å². The van der Waals surface area contributed by atoms with E-state index in [2.05, 4.69) is 0 Å². The number of hydrogen-bond acceptors (Lipinski definition) is 4. The molecule has 0 heterocycles. The van der Waals surface area contributed by atoms with Crippen LogP contribution in [0.25, 0.3) is 0 Å². The number of Topliss-reactive ketones (excluding diaryl/α,β-unsaturated/α-hetero) is 2. The fraction of sp³-hybridized carbons (Fsp3) is 0.263. The summed E-state index contributed by atoms with van der Waals surface area (Å²) in [5, 5.41) is 18.7. The maximum atomic E-state index is 11.9. The molecule has 0 saturated heterocycles. The van der Waals surface area contributed by atoms with E-state index in [1.807, 2.05) is 0 Å². The van der Waals surface area contributed by atoms with Gasteiger partial charge in [-0.05, 0) is 37.1 Å². The number of phenolic OH excluding ortho intramolecular Hbond substituents is 2. The highest BCUT2D eigenvalue weighted by Gasteiger charge is 2.08. The predicted molar refractivity (Wildman–Crippen MR) is 88.0 cm³/mol. The summed E-state index contributed by atoms with van der Waals surface area (Å²) < 4.78 is 0. The zero-order valence-corrected chi connectivity index (χ0v) is 12.9. The third kappa shape index (κ3) is 5.25. The minimum Gasteiger partial charge on any atom is -0.508 e. The van der Waals surface area contributed by atoms with Crippen LogP contribution in [0.4, 0.5) is 0 Å². The lowest BCUT2D eigenvalue weighted by Gasteiger charge is -2.03. The lowest BCUT2D eigenvalue weighted by atomic mass is 10.0. The predicted octanol–water partition coefficient (Wildman–Crippen LogP) is 4.11. The Morgan fingerprint density at radius 2 is 1.13 bits per heavy atom. The van der Waals surface area contributed by atoms with Crippen molar-refractivity contribution in [1.29, 1.82) is 0 Å². The van der Waals surface area contributed by atoms with Crippen LogP contribution in [-0.4, -0.2) is 21.8 Å². The first-order chi connectivity index (χ1) is 11.1. The Morgan fingerprint density at radius 3 is 1.52 bits per heavy atom. The molecule has 0 radical (unpaired) electrons. The molecule has 0 aromatic heterocycles. The van der Waals surface area contributed by atoms with Crippen molar-refractivity contribution < 1.29 is 19.8 Å². The molecule has 23 heavy (non-hydrogen) atoms. The maximum Gasteiger partial charge on any atom is 0.163 e. The minimum atomic E-state index is 0.000193. The minimum absolute atomic E-state index is 0.000193. The van der Waals surface area contributed by atoms with Crippen molar-refractivity contribution in [3.8, 4) is 11.5 Å². The van der Waals surface area contributed by atoms with Crippen LogP contribution in [0.1, 0.15) is 52.8 Å². The van der Waals surface area contributed by atoms with Crippen LogP contribution >= 0.6 is 0 Å². The van der Waals surface area contributed by atoms with Crippen molar-refractivity contribution in [2.45, 2.75) is 32.1 Å². The Hall–Kier alpha value is -2.62. The van der Waals surface area contributed by atoms with E-state index in [4.69, 9.17) is 0 Å². The Kier molecular flexibility index (Phi) is 5.92. The number of carbonyl (C=O) groups is 2. The summed E-state index contributed by atoms with van der Waals surface area (Å²) in [6.45, 7) is 0. The van der Waals surface area contributed by atoms with E-state index in [1.165, 1.54) is 24.3 Å². The summed E-state index contributed by atoms with van der Waals surface area (Å²) in [6.07, 6.45) is 3.02. The van der Waals surface area contributed by atoms with E-state index in [0.29, 0.717) is 36.8 Å². The summed E-state index contributed by atoms with van der Waals surface area (Å²) in [5.74, 6) is 0.181. The first kappa shape index (κ1) is 16.7. The molecule has 4 nitrogen and oxygen atoms in total. The number of phenols is 2. The molecule has 2 N–H and O–H groups in total. The van der Waals surface area contributed by atoms with Crippen molar-refractivity contribution in [1.82, 2.24) is 0 Å². The zero-order chi connectivity index (χ0) is 16.7. The summed E-state index contributed by atoms with van der Waals surface area (Å²) in [6, 6.07) is 12.7. The third-order valence-corrected chi connectivity index (χ3v) is 3.64. The van der Waals surface area contributed by atoms with Crippen LogP contribution in [-0.2, 0) is 0 Å². The monoisotopic (exact) mass is 312 g/mol. The summed E-state index contributed by atoms with van der Waals surface area (Å²) in [7, 11) is 0. The van der Waals surface area contributed by atoms with Crippen LogP contribution in [0, 0.1) is 0 Å². The van der Waals surface area contributed by atoms with Gasteiger partial charge < -0.3 is 10.2 Å². The van der Waals surface area contributed by atoms with Gasteiger partial charge in [0.25, 0.3) is 0 Å². The Labute approximate surface area is 135 Å². The second-order valence-electron chi connectivity index (χ2n) is 5.51. The van der Waals surface area contributed by atoms with E-state index in [9.17, 15) is 19.8 Å². The summed E-state index contributed by atoms with van der Waals surface area (Å²) >= 11 is 0. The zero-order valence-electron chi connectivity index (χ0n) is 12.9. The molecule has 0 atom stereocenters. The van der Waals surface area contributed by atoms with Crippen LogP contribution in [0.2, 0.25) is 0 Å². The summed E-state index contributed by atoms with van der Waals surface area (Å²) in [4.78, 5) is 23.9. The van der Waals surface area contributed by atoms with Crippen LogP contribution in [0.3, 0.4) is 0 Å². The lowest BCUT2D eigenvalue weighted by Crippen LogP contribution is -2.00. The van der Waals surface area contributed by atoms with Crippen molar-refractivity contribution in [2.75, 3.05) is 0 Å². The highest BCUT2D eigenvalue weighted by molar-refractivity contribution is 5.97. The first-order valence-electron chi connectivity index (χ1n) is 7.71. The van der Waals surface area contributed by atoms with Crippen molar-refractivity contribution in [3.05, 3.63) is 59.7 Å². The molecule has 2 aromatic carbocycles. The van der Waals surface area contributed by atoms with Gasteiger partial charge in [-0.3, -0.25) is 9.59 Å². The molecule has 0 unspecified atom stereocenters. The second kappa shape index (κ2) is 8.13. The number of carbonyl (C=O) groups excluding carboxylic acids is 2. The van der Waals surface area contributed by atoms with Crippen molar-refractivity contribution >= 4 is 11.6 Å². The molecule has 0 aliphatic rings. The van der Waals surface area contributed by atoms with Gasteiger partial charge in [0.05, 0.1) is 0 Å². The van der Waals surface area contributed by atoms with Crippen LogP contribution < -0.4 is 0 Å². The normalized spacial score (nSPS) is 10.4. The standard InChI is InChI=1S/C19H20O4/c20-16-8-4-6-14(12-16)18(22)10-2-1-3-11-19(23)15-7-5-9-17(21)13-15/h4-9,12-13,20-21H,1-3,10-11H2. The van der Waals surface area contributed by atoms with Gasteiger partial charge in [0.15, 0.2) is 11.6 Å². The Morgan fingerprint density at radius 1 is 0.696 bits per heavy atom. The number of hydrogen-bond donors (Lipinski definition) is 2. The van der Waals surface area contributed by atoms with Crippen LogP contribution in [0.15, 0.2) is 48.5 Å². The molecule has 2 rings (SSSR count). The van der Waals surface area contributed by atoms with E-state index < -0.39 is 0 Å². The Bertz CT molecular complexity index is 632. The molecule has 0 saturated carbocycles. The van der Waals surface area contributed by atoms with E-state index >= 15 is 0 Å². The highest BCUT2D eigenvalue weighted by atomic mass is 16.3. The number of ketones is 2. The van der Waals surface area contributed by atoms with Gasteiger partial charge in [0.1, 0.15) is 11.5 Å². The summed E-state index contributed by atoms with van der Waals surface area (Å²) in [5.41, 5.74) is 1.03. The molecular formula is C19H20O4. The molecule has 0 fully saturated rings. The van der Waals surface area contributed by atoms with E-state index in [1.54, 1.807) is 24.3 Å². The molecule has 0 bridgehead atoms. The largest absolute Gasteiger partial charge is 0.508 e. The molecule has 0 aliphatic carbocycles. The van der Waals surface area contributed by atoms with Gasteiger partial charge in [-0.25, -0.2) is 0 Å². The SMILES string of the molecule is O=C(CCCCCC(=O)c1cccc(O)c1)c1cccc(O)c1. The fourth-order valence-corrected chi connectivity index (χ4v) is 2.40. The quantitative estimate of drug-likeness (QED) is 0.568. The number of aromatic hydroxyl groups is 2. The molecule has 0 aliphatic heterocycles. The van der Waals surface area contributed by atoms with Crippen molar-refractivity contribution in [3.63, 3.8) is 0 Å². The van der Waals surface area contributed by atoms with Gasteiger partial charge in [0.2, 0.25) is 0 Å². The third-order valence-electron chi connectivity index (χ3n) is 3.64. The molecule has 0 spiro atoms. The van der Waals surface area contributed by atoms with E-state index in [0.717, 1.165) is 6.42 Å². The Balaban J connectivity index is 1.69. The molecule has 0 amide bonds. The number of benzene rings is 2. The van der Waals surface area contributed by atoms with Gasteiger partial charge in [0, 0.05) is 24.0 Å². The molecule has 4 heteroatoms.